The van der Waals surface area contributed by atoms with Crippen LogP contribution in [0.4, 0.5) is 17.1 Å². The summed E-state index contributed by atoms with van der Waals surface area (Å²) in [4.78, 5) is 6.84. The van der Waals surface area contributed by atoms with E-state index in [0.717, 1.165) is 41.4 Å². The van der Waals surface area contributed by atoms with Crippen molar-refractivity contribution in [3.05, 3.63) is 197 Å². The van der Waals surface area contributed by atoms with E-state index in [9.17, 15) is 0 Å². The second kappa shape index (κ2) is 27.2. The Morgan fingerprint density at radius 2 is 0.760 bits per heavy atom. The first-order valence-electron chi connectivity index (χ1n) is 29.7. The van der Waals surface area contributed by atoms with Crippen LogP contribution in [0, 0.1) is 69.1 Å². The summed E-state index contributed by atoms with van der Waals surface area (Å²) in [7, 11) is 6.45. The Kier molecular flexibility index (Phi) is 20.8. The topological polar surface area (TPSA) is 9.72 Å². The smallest absolute Gasteiger partial charge is 0.0441 e. The Morgan fingerprint density at radius 3 is 1.17 bits per heavy atom. The van der Waals surface area contributed by atoms with Gasteiger partial charge in [0.2, 0.25) is 0 Å². The highest BCUT2D eigenvalue weighted by Crippen LogP contribution is 2.52. The Hall–Kier alpha value is -5.28. The first-order valence-corrected chi connectivity index (χ1v) is 29.7. The van der Waals surface area contributed by atoms with Crippen molar-refractivity contribution in [2.45, 2.75) is 169 Å². The molecule has 3 nitrogen and oxygen atoms in total. The lowest BCUT2D eigenvalue weighted by molar-refractivity contribution is 0.457. The average molecular weight is 1010 g/mol. The first kappa shape index (κ1) is 57.4. The minimum Gasteiger partial charge on any atom is -0.348 e. The molecule has 0 aromatic heterocycles. The predicted molar refractivity (Wildman–Crippen MR) is 328 cm³/mol. The van der Waals surface area contributed by atoms with E-state index < -0.39 is 0 Å². The Labute approximate surface area is 458 Å². The number of fused-ring (bicyclic) bond motifs is 6. The van der Waals surface area contributed by atoms with Crippen molar-refractivity contribution in [2.24, 2.45) is 41.4 Å². The van der Waals surface area contributed by atoms with Gasteiger partial charge in [-0.25, -0.2) is 0 Å². The van der Waals surface area contributed by atoms with Crippen molar-refractivity contribution in [3.63, 3.8) is 0 Å². The molecule has 75 heavy (non-hydrogen) atoms. The summed E-state index contributed by atoms with van der Waals surface area (Å²) < 4.78 is 0. The Morgan fingerprint density at radius 1 is 0.400 bits per heavy atom. The fourth-order valence-electron chi connectivity index (χ4n) is 14.1. The zero-order valence-corrected chi connectivity index (χ0v) is 48.9. The standard InChI is InChI=1S/C16H23N.2C14H17N.C13H18.C8H10.C7H14/c1-12-9-7-10-15(12)14(3)17(4)16-11-6-5-8-13(16)2;2*1-10-11-7-5-8-12(11)13-6-3-4-9-14(13)15(10)2;1-10-6-3-4-8-12(10)13-9-5-7-11(13)2;1-7-5-3-4-6-8(7)2;1-6-4-3-5-7(6)2/h5-6,8,11-12,15H,3,7,9-10H2,1-2,4H3;2*3-4,6,9,11-12H,1,5,7-8H2,2H3;3-4,6,8,11,13H,5,7,9H2,1-2H3;3-6H,1-2H3;6-7H,3-5H2,1-2H3. The molecule has 10 atom stereocenters. The summed E-state index contributed by atoms with van der Waals surface area (Å²) in [5.74, 6) is 8.08. The van der Waals surface area contributed by atoms with Gasteiger partial charge in [-0.2, -0.15) is 0 Å². The molecular formula is C72H99N3. The lowest BCUT2D eigenvalue weighted by Gasteiger charge is -2.38. The molecule has 5 aromatic carbocycles. The van der Waals surface area contributed by atoms with E-state index in [1.807, 2.05) is 0 Å². The molecule has 5 saturated carbocycles. The molecule has 12 rings (SSSR count). The summed E-state index contributed by atoms with van der Waals surface area (Å²) in [6.45, 7) is 31.0. The van der Waals surface area contributed by atoms with Crippen molar-refractivity contribution in [2.75, 3.05) is 35.8 Å². The second-order valence-electron chi connectivity index (χ2n) is 24.2. The minimum atomic E-state index is 0.666. The maximum atomic E-state index is 4.33. The van der Waals surface area contributed by atoms with Gasteiger partial charge >= 0.3 is 0 Å². The lowest BCUT2D eigenvalue weighted by atomic mass is 9.82. The summed E-state index contributed by atoms with van der Waals surface area (Å²) >= 11 is 0. The van der Waals surface area contributed by atoms with Crippen molar-refractivity contribution < 1.29 is 0 Å². The number of allylic oxidation sites excluding steroid dienone is 3. The third kappa shape index (κ3) is 14.0. The highest BCUT2D eigenvalue weighted by molar-refractivity contribution is 5.64. The SMILES string of the molecule is C=C(C1CCCC1C)N(C)c1ccccc1C.C=C1C2CCCC2c2ccccc2N1C.C=C1C2CCCC2c2ccccc2N1C.CC1CCCC1C.Cc1ccccc1C.Cc1ccccc1C1CCCC1C. The van der Waals surface area contributed by atoms with Crippen LogP contribution >= 0.6 is 0 Å². The molecule has 10 unspecified atom stereocenters. The van der Waals surface area contributed by atoms with Crippen LogP contribution in [-0.4, -0.2) is 21.1 Å². The number of aryl methyl sites for hydroxylation is 4. The summed E-state index contributed by atoms with van der Waals surface area (Å²) in [5, 5.41) is 0. The van der Waals surface area contributed by atoms with E-state index in [1.165, 1.54) is 164 Å². The highest BCUT2D eigenvalue weighted by Gasteiger charge is 2.39. The number of para-hydroxylation sites is 3. The van der Waals surface area contributed by atoms with Gasteiger partial charge in [0.05, 0.1) is 0 Å². The molecule has 0 bridgehead atoms. The van der Waals surface area contributed by atoms with Gasteiger partial charge in [0.1, 0.15) is 0 Å². The van der Waals surface area contributed by atoms with Crippen LogP contribution in [0.1, 0.15) is 181 Å². The molecule has 5 aromatic rings. The monoisotopic (exact) mass is 1010 g/mol. The molecule has 5 aliphatic carbocycles. The molecule has 5 fully saturated rings. The van der Waals surface area contributed by atoms with Crippen molar-refractivity contribution >= 4 is 17.1 Å². The second-order valence-corrected chi connectivity index (χ2v) is 24.2. The molecule has 2 aliphatic heterocycles. The van der Waals surface area contributed by atoms with Crippen LogP contribution in [0.25, 0.3) is 0 Å². The number of nitrogens with zero attached hydrogens (tertiary/aromatic N) is 3. The first-order chi connectivity index (χ1) is 36.1. The van der Waals surface area contributed by atoms with Gasteiger partial charge in [0.15, 0.2) is 0 Å². The third-order valence-corrected chi connectivity index (χ3v) is 19.5. The molecule has 0 spiro atoms. The van der Waals surface area contributed by atoms with E-state index in [0.29, 0.717) is 17.8 Å². The number of anilines is 3. The van der Waals surface area contributed by atoms with Gasteiger partial charge in [0.25, 0.3) is 0 Å². The summed E-state index contributed by atoms with van der Waals surface area (Å²) in [6.07, 6.45) is 20.7. The summed E-state index contributed by atoms with van der Waals surface area (Å²) in [6, 6.07) is 43.3. The van der Waals surface area contributed by atoms with Gasteiger partial charge in [-0.15, -0.1) is 0 Å². The molecule has 3 heteroatoms. The van der Waals surface area contributed by atoms with Gasteiger partial charge < -0.3 is 14.7 Å². The highest BCUT2D eigenvalue weighted by atomic mass is 15.1. The number of rotatable bonds is 4. The minimum absolute atomic E-state index is 0.666. The van der Waals surface area contributed by atoms with Crippen molar-refractivity contribution in [1.82, 2.24) is 0 Å². The van der Waals surface area contributed by atoms with E-state index >= 15 is 0 Å². The molecule has 2 heterocycles. The van der Waals surface area contributed by atoms with Crippen LogP contribution in [0.5, 0.6) is 0 Å². The maximum Gasteiger partial charge on any atom is 0.0441 e. The molecule has 402 valence electrons. The molecule has 7 aliphatic rings. The van der Waals surface area contributed by atoms with Crippen LogP contribution in [-0.2, 0) is 0 Å². The Bertz CT molecular complexity index is 2530. The number of hydrogen-bond acceptors (Lipinski definition) is 3. The van der Waals surface area contributed by atoms with Crippen LogP contribution in [0.15, 0.2) is 158 Å². The van der Waals surface area contributed by atoms with E-state index in [4.69, 9.17) is 0 Å². The van der Waals surface area contributed by atoms with E-state index in [-0.39, 0.29) is 0 Å². The third-order valence-electron chi connectivity index (χ3n) is 19.5. The zero-order chi connectivity index (χ0) is 53.8. The van der Waals surface area contributed by atoms with Crippen LogP contribution in [0.3, 0.4) is 0 Å². The van der Waals surface area contributed by atoms with Crippen LogP contribution in [0.2, 0.25) is 0 Å². The van der Waals surface area contributed by atoms with E-state index in [1.54, 1.807) is 5.56 Å². The predicted octanol–water partition coefficient (Wildman–Crippen LogP) is 20.1. The van der Waals surface area contributed by atoms with Crippen molar-refractivity contribution in [3.8, 4) is 0 Å². The zero-order valence-electron chi connectivity index (χ0n) is 48.9. The van der Waals surface area contributed by atoms with Crippen LogP contribution < -0.4 is 14.7 Å². The number of hydrogen-bond donors (Lipinski definition) is 0. The molecule has 0 radical (unpaired) electrons. The lowest BCUT2D eigenvalue weighted by Crippen LogP contribution is -2.29. The molecule has 0 amide bonds. The maximum absolute atomic E-state index is 4.33. The fourth-order valence-corrected chi connectivity index (χ4v) is 14.1. The fraction of sp³-hybridized carbons (Fsp3) is 0.500. The number of benzene rings is 5. The quantitative estimate of drug-likeness (QED) is 0.178. The van der Waals surface area contributed by atoms with E-state index in [2.05, 4.69) is 232 Å². The molecule has 0 saturated heterocycles. The summed E-state index contributed by atoms with van der Waals surface area (Å²) in [5.41, 5.74) is 18.1. The molecular weight excluding hydrogens is 907 g/mol. The average Bonchev–Trinajstić information content (AvgIpc) is 4.31. The molecule has 0 N–H and O–H groups in total. The van der Waals surface area contributed by atoms with Gasteiger partial charge in [0, 0.05) is 73.1 Å². The van der Waals surface area contributed by atoms with Gasteiger partial charge in [-0.3, -0.25) is 0 Å². The van der Waals surface area contributed by atoms with Crippen molar-refractivity contribution in [1.29, 1.82) is 0 Å². The normalized spacial score (nSPS) is 26.7. The van der Waals surface area contributed by atoms with Gasteiger partial charge in [-0.1, -0.05) is 208 Å². The van der Waals surface area contributed by atoms with Gasteiger partial charge in [-0.05, 0) is 165 Å². The largest absolute Gasteiger partial charge is 0.348 e. The Balaban J connectivity index is 0.000000134.